The molecule has 0 amide bonds. The van der Waals surface area contributed by atoms with Crippen LogP contribution in [-0.2, 0) is 12.6 Å². The number of alkyl halides is 3. The number of nitrogens with one attached hydrogen (secondary N) is 3. The molecule has 1 unspecified atom stereocenters. The van der Waals surface area contributed by atoms with Crippen molar-refractivity contribution >= 4 is 23.3 Å². The van der Waals surface area contributed by atoms with Gasteiger partial charge in [-0.1, -0.05) is 18.7 Å². The molecule has 0 radical (unpaired) electrons. The molecule has 8 heteroatoms. The first-order valence-electron chi connectivity index (χ1n) is 7.15. The van der Waals surface area contributed by atoms with E-state index in [2.05, 4.69) is 21.2 Å². The summed E-state index contributed by atoms with van der Waals surface area (Å²) in [6, 6.07) is 3.66. The Morgan fingerprint density at radius 3 is 2.70 bits per heavy atom. The average molecular weight is 344 g/mol. The van der Waals surface area contributed by atoms with E-state index in [4.69, 9.17) is 0 Å². The third-order valence-corrected chi connectivity index (χ3v) is 4.20. The Bertz CT molecular complexity index is 626. The zero-order valence-electron chi connectivity index (χ0n) is 13.1. The number of aliphatic imine (C=N–C) groups is 1. The van der Waals surface area contributed by atoms with Gasteiger partial charge in [-0.3, -0.25) is 10.9 Å². The zero-order valence-corrected chi connectivity index (χ0v) is 13.9. The molecular weight excluding hydrogens is 325 g/mol. The molecule has 0 aliphatic carbocycles. The Kier molecular flexibility index (Phi) is 5.46. The van der Waals surface area contributed by atoms with Crippen LogP contribution in [0.3, 0.4) is 0 Å². The molecule has 0 saturated carbocycles. The first kappa shape index (κ1) is 17.5. The van der Waals surface area contributed by atoms with Crippen molar-refractivity contribution in [2.45, 2.75) is 38.9 Å². The maximum absolute atomic E-state index is 12.7. The lowest BCUT2D eigenvalue weighted by Crippen LogP contribution is -2.30. The fraction of sp³-hybridized carbons (Fsp3) is 0.400. The highest BCUT2D eigenvalue weighted by molar-refractivity contribution is 8.02. The Morgan fingerprint density at radius 1 is 1.39 bits per heavy atom. The number of anilines is 1. The van der Waals surface area contributed by atoms with Gasteiger partial charge in [-0.05, 0) is 49.4 Å². The van der Waals surface area contributed by atoms with E-state index in [0.29, 0.717) is 23.5 Å². The van der Waals surface area contributed by atoms with Crippen molar-refractivity contribution in [3.63, 3.8) is 0 Å². The van der Waals surface area contributed by atoms with Gasteiger partial charge in [0, 0.05) is 5.70 Å². The number of halogens is 3. The maximum atomic E-state index is 12.7. The summed E-state index contributed by atoms with van der Waals surface area (Å²) >= 11 is 1.56. The highest BCUT2D eigenvalue weighted by Crippen LogP contribution is 2.31. The fourth-order valence-electron chi connectivity index (χ4n) is 2.04. The van der Waals surface area contributed by atoms with Crippen LogP contribution in [0.15, 0.2) is 34.3 Å². The molecule has 126 valence electrons. The van der Waals surface area contributed by atoms with Crippen molar-refractivity contribution in [1.82, 2.24) is 10.7 Å². The van der Waals surface area contributed by atoms with Crippen molar-refractivity contribution in [2.75, 3.05) is 5.43 Å². The van der Waals surface area contributed by atoms with Gasteiger partial charge in [0.25, 0.3) is 0 Å². The van der Waals surface area contributed by atoms with Crippen LogP contribution < -0.4 is 16.2 Å². The van der Waals surface area contributed by atoms with Gasteiger partial charge in [0.05, 0.1) is 11.3 Å². The molecule has 23 heavy (non-hydrogen) atoms. The second-order valence-electron chi connectivity index (χ2n) is 5.12. The summed E-state index contributed by atoms with van der Waals surface area (Å²) in [6.45, 7) is 5.56. The van der Waals surface area contributed by atoms with Gasteiger partial charge in [0.1, 0.15) is 5.84 Å². The number of aryl methyl sites for hydroxylation is 1. The normalized spacial score (nSPS) is 18.4. The zero-order chi connectivity index (χ0) is 17.0. The topological polar surface area (TPSA) is 48.5 Å². The highest BCUT2D eigenvalue weighted by Gasteiger charge is 2.30. The molecule has 0 spiro atoms. The molecule has 1 aliphatic rings. The fourth-order valence-corrected chi connectivity index (χ4v) is 2.92. The standard InChI is InChI=1S/C15H19F3N4S/c1-4-11-7-12(15(16,17)18)5-6-13(11)22-21-10(3)20-14-19-9(2)8-23-14/h5-8,14,19,22H,4H2,1-3H3,(H,20,21). The van der Waals surface area contributed by atoms with E-state index < -0.39 is 11.7 Å². The largest absolute Gasteiger partial charge is 0.416 e. The third-order valence-electron chi connectivity index (χ3n) is 3.23. The summed E-state index contributed by atoms with van der Waals surface area (Å²) < 4.78 is 38.2. The van der Waals surface area contributed by atoms with Crippen LogP contribution in [-0.4, -0.2) is 11.3 Å². The van der Waals surface area contributed by atoms with Crippen LogP contribution in [0.5, 0.6) is 0 Å². The van der Waals surface area contributed by atoms with E-state index >= 15 is 0 Å². The molecular formula is C15H19F3N4S. The van der Waals surface area contributed by atoms with Gasteiger partial charge in [-0.2, -0.15) is 13.2 Å². The van der Waals surface area contributed by atoms with Crippen LogP contribution in [0.25, 0.3) is 0 Å². The first-order chi connectivity index (χ1) is 10.8. The molecule has 0 saturated heterocycles. The Labute approximate surface area is 137 Å². The van der Waals surface area contributed by atoms with Crippen molar-refractivity contribution in [1.29, 1.82) is 0 Å². The van der Waals surface area contributed by atoms with Gasteiger partial charge in [0.15, 0.2) is 5.50 Å². The Balaban J connectivity index is 2.01. The predicted molar refractivity (Wildman–Crippen MR) is 89.0 cm³/mol. The van der Waals surface area contributed by atoms with Gasteiger partial charge in [-0.25, -0.2) is 4.99 Å². The average Bonchev–Trinajstić information content (AvgIpc) is 2.89. The monoisotopic (exact) mass is 344 g/mol. The molecule has 2 rings (SSSR count). The Morgan fingerprint density at radius 2 is 2.13 bits per heavy atom. The van der Waals surface area contributed by atoms with E-state index in [9.17, 15) is 13.2 Å². The number of hydrogen-bond donors (Lipinski definition) is 3. The lowest BCUT2D eigenvalue weighted by atomic mass is 10.1. The van der Waals surface area contributed by atoms with Crippen LogP contribution in [0.2, 0.25) is 0 Å². The molecule has 1 atom stereocenters. The van der Waals surface area contributed by atoms with E-state index in [1.807, 2.05) is 19.3 Å². The molecule has 4 nitrogen and oxygen atoms in total. The van der Waals surface area contributed by atoms with Gasteiger partial charge in [0.2, 0.25) is 0 Å². The summed E-state index contributed by atoms with van der Waals surface area (Å²) in [4.78, 5) is 4.42. The second-order valence-corrected chi connectivity index (χ2v) is 6.08. The van der Waals surface area contributed by atoms with E-state index in [1.54, 1.807) is 18.7 Å². The van der Waals surface area contributed by atoms with E-state index in [0.717, 1.165) is 17.8 Å². The predicted octanol–water partition coefficient (Wildman–Crippen LogP) is 4.08. The summed E-state index contributed by atoms with van der Waals surface area (Å²) in [6.07, 6.45) is -3.84. The minimum Gasteiger partial charge on any atom is -0.358 e. The van der Waals surface area contributed by atoms with Crippen LogP contribution >= 0.6 is 11.8 Å². The maximum Gasteiger partial charge on any atom is 0.416 e. The van der Waals surface area contributed by atoms with Crippen molar-refractivity contribution in [3.8, 4) is 0 Å². The second kappa shape index (κ2) is 7.16. The van der Waals surface area contributed by atoms with Crippen molar-refractivity contribution in [2.24, 2.45) is 4.99 Å². The quantitative estimate of drug-likeness (QED) is 0.438. The Hall–Kier alpha value is -1.83. The lowest BCUT2D eigenvalue weighted by molar-refractivity contribution is -0.137. The number of allylic oxidation sites excluding steroid dienone is 1. The smallest absolute Gasteiger partial charge is 0.358 e. The SMILES string of the molecule is CCc1cc(C(F)(F)F)ccc1NN/C(C)=N/C1NC(C)=CS1. The van der Waals surface area contributed by atoms with Crippen LogP contribution in [0, 0.1) is 0 Å². The third kappa shape index (κ3) is 4.82. The molecule has 0 fully saturated rings. The van der Waals surface area contributed by atoms with Crippen LogP contribution in [0.1, 0.15) is 31.9 Å². The van der Waals surface area contributed by atoms with E-state index in [-0.39, 0.29) is 5.50 Å². The summed E-state index contributed by atoms with van der Waals surface area (Å²) in [5, 5.41) is 5.16. The first-order valence-corrected chi connectivity index (χ1v) is 8.09. The summed E-state index contributed by atoms with van der Waals surface area (Å²) in [5.74, 6) is 0.639. The molecule has 1 aliphatic heterocycles. The van der Waals surface area contributed by atoms with Crippen LogP contribution in [0.4, 0.5) is 18.9 Å². The minimum absolute atomic E-state index is 0.0810. The molecule has 3 N–H and O–H groups in total. The number of hydrogen-bond acceptors (Lipinski definition) is 4. The van der Waals surface area contributed by atoms with Gasteiger partial charge < -0.3 is 5.32 Å². The molecule has 0 aromatic heterocycles. The van der Waals surface area contributed by atoms with E-state index in [1.165, 1.54) is 6.07 Å². The molecule has 1 heterocycles. The molecule has 1 aromatic rings. The van der Waals surface area contributed by atoms with Gasteiger partial charge in [-0.15, -0.1) is 0 Å². The minimum atomic E-state index is -4.33. The number of nitrogens with zero attached hydrogens (tertiary/aromatic N) is 1. The molecule has 0 bridgehead atoms. The van der Waals surface area contributed by atoms with Crippen molar-refractivity contribution in [3.05, 3.63) is 40.4 Å². The number of benzene rings is 1. The summed E-state index contributed by atoms with van der Waals surface area (Å²) in [7, 11) is 0. The van der Waals surface area contributed by atoms with Gasteiger partial charge >= 0.3 is 6.18 Å². The number of hydrazine groups is 1. The number of amidine groups is 1. The summed E-state index contributed by atoms with van der Waals surface area (Å²) in [5.41, 5.74) is 7.37. The molecule has 1 aromatic carbocycles. The highest BCUT2D eigenvalue weighted by atomic mass is 32.2. The van der Waals surface area contributed by atoms with Crippen molar-refractivity contribution < 1.29 is 13.2 Å². The number of thioether (sulfide) groups is 1. The lowest BCUT2D eigenvalue weighted by Gasteiger charge is -2.16. The number of rotatable bonds is 4.